The van der Waals surface area contributed by atoms with E-state index in [0.29, 0.717) is 29.9 Å². The zero-order valence-electron chi connectivity index (χ0n) is 14.1. The summed E-state index contributed by atoms with van der Waals surface area (Å²) in [6, 6.07) is 10.2. The van der Waals surface area contributed by atoms with Crippen LogP contribution < -0.4 is 10.6 Å². The molecule has 0 saturated carbocycles. The Kier molecular flexibility index (Phi) is 6.20. The minimum absolute atomic E-state index is 0.244. The Hall–Kier alpha value is -3.24. The Morgan fingerprint density at radius 3 is 2.52 bits per heavy atom. The summed E-state index contributed by atoms with van der Waals surface area (Å²) in [5.74, 6) is -0.723. The van der Waals surface area contributed by atoms with Crippen LogP contribution >= 0.6 is 0 Å². The zero-order chi connectivity index (χ0) is 18.2. The maximum absolute atomic E-state index is 12.4. The number of anilines is 1. The van der Waals surface area contributed by atoms with E-state index in [9.17, 15) is 9.59 Å². The molecule has 1 aromatic carbocycles. The maximum atomic E-state index is 12.4. The number of carbonyl (C=O) groups excluding carboxylic acids is 2. The maximum Gasteiger partial charge on any atom is 0.257 e. The van der Waals surface area contributed by atoms with Gasteiger partial charge in [-0.3, -0.25) is 14.6 Å². The number of carbonyl (C=O) groups is 2. The van der Waals surface area contributed by atoms with E-state index in [4.69, 9.17) is 5.26 Å². The molecule has 0 radical (unpaired) electrons. The summed E-state index contributed by atoms with van der Waals surface area (Å²) in [5.41, 5.74) is 1.32. The van der Waals surface area contributed by atoms with Gasteiger partial charge in [-0.15, -0.1) is 0 Å². The summed E-state index contributed by atoms with van der Waals surface area (Å²) in [4.78, 5) is 30.4. The summed E-state index contributed by atoms with van der Waals surface area (Å²) < 4.78 is 0. The molecule has 1 heterocycles. The van der Waals surface area contributed by atoms with E-state index in [0.717, 1.165) is 0 Å². The highest BCUT2D eigenvalue weighted by Crippen LogP contribution is 2.15. The third kappa shape index (κ3) is 5.12. The molecule has 2 rings (SSSR count). The van der Waals surface area contributed by atoms with Crippen LogP contribution in [0.25, 0.3) is 0 Å². The van der Waals surface area contributed by atoms with Crippen LogP contribution in [0.4, 0.5) is 5.69 Å². The lowest BCUT2D eigenvalue weighted by molar-refractivity contribution is 0.0950. The molecule has 2 amide bonds. The average molecular weight is 337 g/mol. The van der Waals surface area contributed by atoms with Gasteiger partial charge in [-0.25, -0.2) is 0 Å². The van der Waals surface area contributed by atoms with Gasteiger partial charge in [0.25, 0.3) is 11.8 Å². The lowest BCUT2D eigenvalue weighted by Gasteiger charge is -2.11. The number of pyridine rings is 1. The quantitative estimate of drug-likeness (QED) is 0.832. The third-order valence-corrected chi connectivity index (χ3v) is 3.40. The summed E-state index contributed by atoms with van der Waals surface area (Å²) in [7, 11) is 3.83. The Labute approximate surface area is 146 Å². The van der Waals surface area contributed by atoms with Crippen LogP contribution in [0.2, 0.25) is 0 Å². The van der Waals surface area contributed by atoms with Gasteiger partial charge in [0, 0.05) is 25.5 Å². The van der Waals surface area contributed by atoms with E-state index in [1.807, 2.05) is 25.1 Å². The summed E-state index contributed by atoms with van der Waals surface area (Å²) in [5, 5.41) is 14.5. The lowest BCUT2D eigenvalue weighted by atomic mass is 10.1. The average Bonchev–Trinajstić information content (AvgIpc) is 2.61. The predicted molar refractivity (Wildman–Crippen MR) is 94.2 cm³/mol. The number of para-hydroxylation sites is 1. The van der Waals surface area contributed by atoms with Crippen molar-refractivity contribution in [1.29, 1.82) is 5.26 Å². The van der Waals surface area contributed by atoms with Crippen molar-refractivity contribution >= 4 is 17.5 Å². The monoisotopic (exact) mass is 337 g/mol. The van der Waals surface area contributed by atoms with Crippen molar-refractivity contribution in [2.75, 3.05) is 32.5 Å². The standard InChI is InChI=1S/C18H19N5O2/c1-23(2)8-7-21-17(24)14-9-15(12-20-11-14)18(25)22-16-6-4-3-5-13(16)10-19/h3-6,9,11-12H,7-8H2,1-2H3,(H,21,24)(H,22,25). The molecule has 0 saturated heterocycles. The third-order valence-electron chi connectivity index (χ3n) is 3.40. The van der Waals surface area contributed by atoms with Gasteiger partial charge in [0.05, 0.1) is 22.4 Å². The number of nitrogens with one attached hydrogen (secondary N) is 2. The number of aromatic nitrogens is 1. The van der Waals surface area contributed by atoms with E-state index in [2.05, 4.69) is 15.6 Å². The fourth-order valence-electron chi connectivity index (χ4n) is 2.07. The first kappa shape index (κ1) is 18.1. The molecule has 2 N–H and O–H groups in total. The number of likely N-dealkylation sites (N-methyl/N-ethyl adjacent to an activating group) is 1. The smallest absolute Gasteiger partial charge is 0.257 e. The molecule has 1 aromatic heterocycles. The zero-order valence-corrected chi connectivity index (χ0v) is 14.1. The molecule has 0 atom stereocenters. The first-order chi connectivity index (χ1) is 12.0. The largest absolute Gasteiger partial charge is 0.351 e. The molecular formula is C18H19N5O2. The number of rotatable bonds is 6. The lowest BCUT2D eigenvalue weighted by Crippen LogP contribution is -2.31. The molecule has 25 heavy (non-hydrogen) atoms. The van der Waals surface area contributed by atoms with Crippen LogP contribution in [-0.4, -0.2) is 48.9 Å². The molecule has 0 unspecified atom stereocenters. The van der Waals surface area contributed by atoms with Crippen LogP contribution in [0.15, 0.2) is 42.7 Å². The fraction of sp³-hybridized carbons (Fsp3) is 0.222. The molecule has 128 valence electrons. The van der Waals surface area contributed by atoms with Crippen molar-refractivity contribution in [2.24, 2.45) is 0 Å². The number of hydrogen-bond acceptors (Lipinski definition) is 5. The summed E-state index contributed by atoms with van der Waals surface area (Å²) in [6.07, 6.45) is 2.78. The highest BCUT2D eigenvalue weighted by Gasteiger charge is 2.13. The van der Waals surface area contributed by atoms with Gasteiger partial charge in [0.15, 0.2) is 0 Å². The highest BCUT2D eigenvalue weighted by molar-refractivity contribution is 6.06. The van der Waals surface area contributed by atoms with Crippen molar-refractivity contribution in [3.05, 3.63) is 59.4 Å². The van der Waals surface area contributed by atoms with Gasteiger partial charge in [-0.05, 0) is 32.3 Å². The second kappa shape index (κ2) is 8.57. The molecule has 0 fully saturated rings. The van der Waals surface area contributed by atoms with E-state index >= 15 is 0 Å². The van der Waals surface area contributed by atoms with E-state index in [1.54, 1.807) is 24.3 Å². The number of hydrogen-bond donors (Lipinski definition) is 2. The number of nitriles is 1. The van der Waals surface area contributed by atoms with E-state index < -0.39 is 5.91 Å². The minimum atomic E-state index is -0.432. The summed E-state index contributed by atoms with van der Waals surface area (Å²) >= 11 is 0. The molecule has 7 heteroatoms. The van der Waals surface area contributed by atoms with Crippen molar-refractivity contribution < 1.29 is 9.59 Å². The normalized spacial score (nSPS) is 10.2. The van der Waals surface area contributed by atoms with Crippen LogP contribution in [0, 0.1) is 11.3 Å². The first-order valence-electron chi connectivity index (χ1n) is 7.69. The summed E-state index contributed by atoms with van der Waals surface area (Å²) in [6.45, 7) is 1.21. The van der Waals surface area contributed by atoms with Crippen LogP contribution in [0.1, 0.15) is 26.3 Å². The second-order valence-corrected chi connectivity index (χ2v) is 5.63. The molecular weight excluding hydrogens is 318 g/mol. The molecule has 0 aliphatic heterocycles. The van der Waals surface area contributed by atoms with Gasteiger partial charge in [0.2, 0.25) is 0 Å². The SMILES string of the molecule is CN(C)CCNC(=O)c1cncc(C(=O)Nc2ccccc2C#N)c1. The van der Waals surface area contributed by atoms with Crippen LogP contribution in [0.3, 0.4) is 0 Å². The van der Waals surface area contributed by atoms with E-state index in [-0.39, 0.29) is 11.5 Å². The number of amides is 2. The number of nitrogens with zero attached hydrogens (tertiary/aromatic N) is 3. The first-order valence-corrected chi connectivity index (χ1v) is 7.69. The van der Waals surface area contributed by atoms with Gasteiger partial charge in [-0.1, -0.05) is 12.1 Å². The van der Waals surface area contributed by atoms with Crippen molar-refractivity contribution in [2.45, 2.75) is 0 Å². The van der Waals surface area contributed by atoms with Gasteiger partial charge >= 0.3 is 0 Å². The van der Waals surface area contributed by atoms with Gasteiger partial charge < -0.3 is 15.5 Å². The van der Waals surface area contributed by atoms with Crippen molar-refractivity contribution in [1.82, 2.24) is 15.2 Å². The molecule has 0 bridgehead atoms. The minimum Gasteiger partial charge on any atom is -0.351 e. The fourth-order valence-corrected chi connectivity index (χ4v) is 2.07. The van der Waals surface area contributed by atoms with Crippen molar-refractivity contribution in [3.63, 3.8) is 0 Å². The second-order valence-electron chi connectivity index (χ2n) is 5.63. The molecule has 7 nitrogen and oxygen atoms in total. The molecule has 2 aromatic rings. The molecule has 0 aliphatic rings. The Balaban J connectivity index is 2.08. The predicted octanol–water partition coefficient (Wildman–Crippen LogP) is 1.50. The Bertz CT molecular complexity index is 811. The highest BCUT2D eigenvalue weighted by atomic mass is 16.2. The molecule has 0 aliphatic carbocycles. The van der Waals surface area contributed by atoms with Crippen LogP contribution in [0.5, 0.6) is 0 Å². The van der Waals surface area contributed by atoms with E-state index in [1.165, 1.54) is 18.5 Å². The van der Waals surface area contributed by atoms with Crippen molar-refractivity contribution in [3.8, 4) is 6.07 Å². The van der Waals surface area contributed by atoms with Gasteiger partial charge in [-0.2, -0.15) is 5.26 Å². The molecule has 0 spiro atoms. The Morgan fingerprint density at radius 1 is 1.16 bits per heavy atom. The Morgan fingerprint density at radius 2 is 1.84 bits per heavy atom. The number of benzene rings is 1. The van der Waals surface area contributed by atoms with Gasteiger partial charge in [0.1, 0.15) is 6.07 Å². The van der Waals surface area contributed by atoms with Crippen LogP contribution in [-0.2, 0) is 0 Å². The topological polar surface area (TPSA) is 98.1 Å².